The monoisotopic (exact) mass is 269 g/mol. The molecule has 0 aliphatic rings. The fourth-order valence-corrected chi connectivity index (χ4v) is 3.09. The van der Waals surface area contributed by atoms with Gasteiger partial charge in [0.15, 0.2) is 0 Å². The summed E-state index contributed by atoms with van der Waals surface area (Å²) in [5.41, 5.74) is 1.05. The Balaban J connectivity index is 2.65. The summed E-state index contributed by atoms with van der Waals surface area (Å²) in [6.07, 6.45) is 2.13. The van der Waals surface area contributed by atoms with Crippen molar-refractivity contribution >= 4 is 23.1 Å². The van der Waals surface area contributed by atoms with E-state index in [-0.39, 0.29) is 6.61 Å². The lowest BCUT2D eigenvalue weighted by Crippen LogP contribution is -2.30. The minimum absolute atomic E-state index is 0.0754. The molecule has 1 aromatic heterocycles. The second-order valence-corrected chi connectivity index (χ2v) is 5.85. The number of aliphatic hydroxyl groups is 1. The molecule has 1 atom stereocenters. The van der Waals surface area contributed by atoms with Gasteiger partial charge >= 0.3 is 0 Å². The van der Waals surface area contributed by atoms with Crippen LogP contribution in [0.1, 0.15) is 17.4 Å². The van der Waals surface area contributed by atoms with Gasteiger partial charge in [-0.1, -0.05) is 11.8 Å². The minimum atomic E-state index is -0.0754. The fourth-order valence-electron chi connectivity index (χ4n) is 1.46. The molecule has 1 heterocycles. The van der Waals surface area contributed by atoms with Crippen LogP contribution >= 0.6 is 23.1 Å². The first kappa shape index (κ1) is 14.6. The lowest BCUT2D eigenvalue weighted by atomic mass is 10.2. The molecule has 0 saturated carbocycles. The van der Waals surface area contributed by atoms with Gasteiger partial charge in [0.2, 0.25) is 0 Å². The van der Waals surface area contributed by atoms with Crippen molar-refractivity contribution in [1.29, 1.82) is 0 Å². The van der Waals surface area contributed by atoms with Crippen LogP contribution < -0.4 is 0 Å². The maximum atomic E-state index is 8.71. The summed E-state index contributed by atoms with van der Waals surface area (Å²) in [5, 5.41) is 10.8. The molecule has 1 rings (SSSR count). The molecular formula is C13H19NOS2. The number of rotatable bonds is 5. The van der Waals surface area contributed by atoms with E-state index < -0.39 is 0 Å². The molecule has 4 heteroatoms. The Morgan fingerprint density at radius 3 is 3.00 bits per heavy atom. The molecular weight excluding hydrogens is 250 g/mol. The van der Waals surface area contributed by atoms with Gasteiger partial charge in [0, 0.05) is 28.8 Å². The molecule has 0 aliphatic heterocycles. The largest absolute Gasteiger partial charge is 0.384 e. The van der Waals surface area contributed by atoms with E-state index in [1.807, 2.05) is 17.8 Å². The van der Waals surface area contributed by atoms with Crippen LogP contribution in [0.25, 0.3) is 0 Å². The van der Waals surface area contributed by atoms with E-state index in [4.69, 9.17) is 5.11 Å². The normalized spacial score (nSPS) is 12.3. The van der Waals surface area contributed by atoms with Crippen molar-refractivity contribution in [2.45, 2.75) is 19.5 Å². The van der Waals surface area contributed by atoms with Crippen LogP contribution in [0.3, 0.4) is 0 Å². The van der Waals surface area contributed by atoms with Crippen molar-refractivity contribution in [3.63, 3.8) is 0 Å². The average Bonchev–Trinajstić information content (AvgIpc) is 2.74. The highest BCUT2D eigenvalue weighted by molar-refractivity contribution is 7.98. The Morgan fingerprint density at radius 1 is 1.59 bits per heavy atom. The van der Waals surface area contributed by atoms with Gasteiger partial charge in [-0.2, -0.15) is 11.8 Å². The zero-order valence-corrected chi connectivity index (χ0v) is 12.2. The molecule has 17 heavy (non-hydrogen) atoms. The zero-order chi connectivity index (χ0) is 12.7. The third kappa shape index (κ3) is 4.72. The second kappa shape index (κ2) is 7.78. The lowest BCUT2D eigenvalue weighted by Gasteiger charge is -2.23. The summed E-state index contributed by atoms with van der Waals surface area (Å²) in [6, 6.07) is 2.58. The smallest absolute Gasteiger partial charge is 0.104 e. The van der Waals surface area contributed by atoms with Crippen LogP contribution in [0, 0.1) is 11.8 Å². The van der Waals surface area contributed by atoms with Gasteiger partial charge in [0.05, 0.1) is 0 Å². The standard InChI is InChI=1S/C13H19NOS2/c1-11(10-16-3)14(2)9-13-12(5-4-7-15)6-8-17-13/h6,8,11,15H,7,9-10H2,1-3H3. The van der Waals surface area contributed by atoms with Gasteiger partial charge in [-0.05, 0) is 31.7 Å². The summed E-state index contributed by atoms with van der Waals surface area (Å²) in [7, 11) is 2.14. The zero-order valence-electron chi connectivity index (χ0n) is 10.6. The number of aliphatic hydroxyl groups excluding tert-OH is 1. The molecule has 0 bridgehead atoms. The first-order valence-electron chi connectivity index (χ1n) is 5.54. The maximum absolute atomic E-state index is 8.71. The van der Waals surface area contributed by atoms with Crippen molar-refractivity contribution in [2.24, 2.45) is 0 Å². The molecule has 1 N–H and O–H groups in total. The molecule has 0 amide bonds. The van der Waals surface area contributed by atoms with Crippen molar-refractivity contribution in [2.75, 3.05) is 25.7 Å². The Morgan fingerprint density at radius 2 is 2.35 bits per heavy atom. The SMILES string of the molecule is CSCC(C)N(C)Cc1sccc1C#CCO. The van der Waals surface area contributed by atoms with Crippen LogP contribution in [0.15, 0.2) is 11.4 Å². The average molecular weight is 269 g/mol. The van der Waals surface area contributed by atoms with Gasteiger partial charge in [0.1, 0.15) is 6.61 Å². The first-order valence-corrected chi connectivity index (χ1v) is 7.81. The summed E-state index contributed by atoms with van der Waals surface area (Å²) >= 11 is 3.60. The fraction of sp³-hybridized carbons (Fsp3) is 0.538. The van der Waals surface area contributed by atoms with E-state index in [1.54, 1.807) is 11.3 Å². The Kier molecular flexibility index (Phi) is 6.68. The molecule has 0 radical (unpaired) electrons. The maximum Gasteiger partial charge on any atom is 0.104 e. The lowest BCUT2D eigenvalue weighted by molar-refractivity contribution is 0.272. The van der Waals surface area contributed by atoms with Crippen LogP contribution in [0.5, 0.6) is 0 Å². The molecule has 0 fully saturated rings. The minimum Gasteiger partial charge on any atom is -0.384 e. The highest BCUT2D eigenvalue weighted by Gasteiger charge is 2.11. The Labute approximate surface area is 112 Å². The van der Waals surface area contributed by atoms with Gasteiger partial charge in [0.25, 0.3) is 0 Å². The molecule has 2 nitrogen and oxygen atoms in total. The van der Waals surface area contributed by atoms with E-state index >= 15 is 0 Å². The molecule has 0 saturated heterocycles. The number of thiophene rings is 1. The van der Waals surface area contributed by atoms with E-state index in [1.165, 1.54) is 4.88 Å². The topological polar surface area (TPSA) is 23.5 Å². The molecule has 1 aromatic rings. The molecule has 1 unspecified atom stereocenters. The summed E-state index contributed by atoms with van der Waals surface area (Å²) in [6.45, 7) is 3.09. The number of thioether (sulfide) groups is 1. The molecule has 94 valence electrons. The molecule has 0 aromatic carbocycles. The predicted octanol–water partition coefficient (Wildman–Crippen LogP) is 2.28. The van der Waals surface area contributed by atoms with Crippen molar-refractivity contribution in [3.8, 4) is 11.8 Å². The van der Waals surface area contributed by atoms with Gasteiger partial charge in [-0.25, -0.2) is 0 Å². The van der Waals surface area contributed by atoms with Crippen molar-refractivity contribution in [3.05, 3.63) is 21.9 Å². The number of nitrogens with zero attached hydrogens (tertiary/aromatic N) is 1. The van der Waals surface area contributed by atoms with Crippen molar-refractivity contribution < 1.29 is 5.11 Å². The molecule has 0 spiro atoms. The first-order chi connectivity index (χ1) is 8.19. The quantitative estimate of drug-likeness (QED) is 0.830. The van der Waals surface area contributed by atoms with Crippen LogP contribution in [0.4, 0.5) is 0 Å². The summed E-state index contributed by atoms with van der Waals surface area (Å²) in [5.74, 6) is 6.84. The van der Waals surface area contributed by atoms with Gasteiger partial charge in [-0.3, -0.25) is 4.90 Å². The Bertz CT molecular complexity index is 392. The van der Waals surface area contributed by atoms with Crippen LogP contribution in [-0.4, -0.2) is 41.7 Å². The highest BCUT2D eigenvalue weighted by atomic mass is 32.2. The number of hydrogen-bond acceptors (Lipinski definition) is 4. The third-order valence-corrected chi connectivity index (χ3v) is 4.32. The molecule has 0 aliphatic carbocycles. The van der Waals surface area contributed by atoms with E-state index in [0.29, 0.717) is 6.04 Å². The van der Waals surface area contributed by atoms with Crippen LogP contribution in [0.2, 0.25) is 0 Å². The van der Waals surface area contributed by atoms with E-state index in [9.17, 15) is 0 Å². The second-order valence-electron chi connectivity index (χ2n) is 3.94. The van der Waals surface area contributed by atoms with Crippen LogP contribution in [-0.2, 0) is 6.54 Å². The summed E-state index contributed by atoms with van der Waals surface area (Å²) < 4.78 is 0. The van der Waals surface area contributed by atoms with E-state index in [2.05, 4.69) is 42.3 Å². The summed E-state index contributed by atoms with van der Waals surface area (Å²) in [4.78, 5) is 3.62. The Hall–Kier alpha value is -0.470. The van der Waals surface area contributed by atoms with Crippen molar-refractivity contribution in [1.82, 2.24) is 4.90 Å². The third-order valence-electron chi connectivity index (χ3n) is 2.60. The number of hydrogen-bond donors (Lipinski definition) is 1. The highest BCUT2D eigenvalue weighted by Crippen LogP contribution is 2.19. The predicted molar refractivity (Wildman–Crippen MR) is 77.6 cm³/mol. The van der Waals surface area contributed by atoms with Gasteiger partial charge < -0.3 is 5.11 Å². The van der Waals surface area contributed by atoms with E-state index in [0.717, 1.165) is 17.9 Å². The van der Waals surface area contributed by atoms with Gasteiger partial charge in [-0.15, -0.1) is 11.3 Å².